The van der Waals surface area contributed by atoms with Crippen LogP contribution in [0.2, 0.25) is 0 Å². The monoisotopic (exact) mass is 358 g/mol. The lowest BCUT2D eigenvalue weighted by Crippen LogP contribution is -2.03. The van der Waals surface area contributed by atoms with Gasteiger partial charge in [-0.1, -0.05) is 30.3 Å². The molecule has 2 N–H and O–H groups in total. The van der Waals surface area contributed by atoms with E-state index < -0.39 is 0 Å². The summed E-state index contributed by atoms with van der Waals surface area (Å²) in [6, 6.07) is 20.6. The quantitative estimate of drug-likeness (QED) is 0.536. The maximum Gasteiger partial charge on any atom is 0.151 e. The van der Waals surface area contributed by atoms with Gasteiger partial charge in [-0.2, -0.15) is 0 Å². The van der Waals surface area contributed by atoms with E-state index >= 15 is 0 Å². The molecule has 0 bridgehead atoms. The number of aliphatic hydroxyl groups excluding tert-OH is 1. The number of rotatable bonds is 5. The van der Waals surface area contributed by atoms with Crippen LogP contribution >= 0.6 is 0 Å². The molecule has 27 heavy (non-hydrogen) atoms. The summed E-state index contributed by atoms with van der Waals surface area (Å²) < 4.78 is 0. The number of hydrogen-bond donors (Lipinski definition) is 2. The van der Waals surface area contributed by atoms with E-state index in [1.165, 1.54) is 4.80 Å². The minimum absolute atomic E-state index is 0.00793. The number of fused-ring (bicyclic) bond motifs is 1. The van der Waals surface area contributed by atoms with Crippen LogP contribution in [0.25, 0.3) is 16.7 Å². The fraction of sp³-hybridized carbons (Fsp3) is 0.0952. The summed E-state index contributed by atoms with van der Waals surface area (Å²) in [5, 5.41) is 29.0. The summed E-state index contributed by atoms with van der Waals surface area (Å²) in [6.45, 7) is 0.00793. The average Bonchev–Trinajstić information content (AvgIpc) is 3.13. The number of hydrogen-bond acceptors (Lipinski definition) is 5. The van der Waals surface area contributed by atoms with Crippen LogP contribution in [0.15, 0.2) is 71.7 Å². The van der Waals surface area contributed by atoms with E-state index in [4.69, 9.17) is 0 Å². The van der Waals surface area contributed by atoms with Gasteiger partial charge in [0.05, 0.1) is 5.69 Å². The Kier molecular flexibility index (Phi) is 4.63. The van der Waals surface area contributed by atoms with Crippen molar-refractivity contribution in [1.29, 1.82) is 0 Å². The second-order valence-corrected chi connectivity index (χ2v) is 6.10. The second kappa shape index (κ2) is 7.39. The normalized spacial score (nSPS) is 11.4. The number of aromatic nitrogens is 3. The molecule has 0 unspecified atom stereocenters. The molecule has 4 aromatic rings. The zero-order chi connectivity index (χ0) is 18.6. The van der Waals surface area contributed by atoms with E-state index in [1.807, 2.05) is 60.7 Å². The highest BCUT2D eigenvalue weighted by Gasteiger charge is 2.14. The first-order chi connectivity index (χ1) is 13.2. The van der Waals surface area contributed by atoms with Crippen molar-refractivity contribution < 1.29 is 10.2 Å². The van der Waals surface area contributed by atoms with E-state index in [1.54, 1.807) is 12.3 Å². The number of aliphatic hydroxyl groups is 1. The van der Waals surface area contributed by atoms with Crippen LogP contribution in [0.1, 0.15) is 11.1 Å². The first kappa shape index (κ1) is 16.9. The van der Waals surface area contributed by atoms with Gasteiger partial charge in [-0.25, -0.2) is 0 Å². The average molecular weight is 358 g/mol. The third-order valence-electron chi connectivity index (χ3n) is 4.19. The van der Waals surface area contributed by atoms with Gasteiger partial charge >= 0.3 is 0 Å². The molecular formula is C21H18N4O2. The molecule has 4 rings (SSSR count). The molecule has 0 fully saturated rings. The minimum Gasteiger partial charge on any atom is -0.505 e. The van der Waals surface area contributed by atoms with Crippen molar-refractivity contribution >= 4 is 22.9 Å². The van der Waals surface area contributed by atoms with E-state index in [-0.39, 0.29) is 12.4 Å². The number of para-hydroxylation sites is 1. The van der Waals surface area contributed by atoms with Crippen molar-refractivity contribution in [2.75, 3.05) is 6.61 Å². The third-order valence-corrected chi connectivity index (χ3v) is 4.19. The minimum atomic E-state index is 0.00793. The Morgan fingerprint density at radius 3 is 2.26 bits per heavy atom. The highest BCUT2D eigenvalue weighted by atomic mass is 16.3. The summed E-state index contributed by atoms with van der Waals surface area (Å²) in [5.41, 5.74) is 4.12. The highest BCUT2D eigenvalue weighted by molar-refractivity contribution is 5.87. The molecule has 6 nitrogen and oxygen atoms in total. The first-order valence-corrected chi connectivity index (χ1v) is 8.63. The van der Waals surface area contributed by atoms with Crippen LogP contribution in [0, 0.1) is 0 Å². The molecule has 1 heterocycles. The number of benzene rings is 3. The Hall–Kier alpha value is -3.51. The number of phenolic OH excluding ortho intramolecular Hbond substituents is 1. The Morgan fingerprint density at radius 2 is 1.59 bits per heavy atom. The Labute approximate surface area is 156 Å². The highest BCUT2D eigenvalue weighted by Crippen LogP contribution is 2.28. The molecule has 0 saturated heterocycles. The largest absolute Gasteiger partial charge is 0.505 e. The Bertz CT molecular complexity index is 1070. The van der Waals surface area contributed by atoms with Gasteiger partial charge in [0.25, 0.3) is 0 Å². The molecule has 0 aliphatic rings. The van der Waals surface area contributed by atoms with E-state index in [9.17, 15) is 10.2 Å². The van der Waals surface area contributed by atoms with Crippen molar-refractivity contribution in [3.63, 3.8) is 0 Å². The molecule has 0 spiro atoms. The van der Waals surface area contributed by atoms with Gasteiger partial charge < -0.3 is 10.2 Å². The lowest BCUT2D eigenvalue weighted by atomic mass is 10.1. The Balaban J connectivity index is 1.81. The van der Waals surface area contributed by atoms with Crippen LogP contribution in [0.4, 0.5) is 5.69 Å². The van der Waals surface area contributed by atoms with Gasteiger partial charge in [-0.05, 0) is 48.4 Å². The number of phenols is 1. The van der Waals surface area contributed by atoms with Crippen molar-refractivity contribution in [1.82, 2.24) is 15.0 Å². The summed E-state index contributed by atoms with van der Waals surface area (Å²) in [4.78, 5) is 5.84. The molecule has 3 aromatic carbocycles. The summed E-state index contributed by atoms with van der Waals surface area (Å²) in [6.07, 6.45) is 2.07. The SMILES string of the molecule is OCCc1cc(C=Nc2ccccc2)c(O)c(-n2nc3ccccc3n2)c1. The molecule has 1 aromatic heterocycles. The van der Waals surface area contributed by atoms with Gasteiger partial charge in [0.2, 0.25) is 0 Å². The van der Waals surface area contributed by atoms with E-state index in [0.717, 1.165) is 22.3 Å². The van der Waals surface area contributed by atoms with Crippen LogP contribution in [0.5, 0.6) is 5.75 Å². The van der Waals surface area contributed by atoms with Crippen molar-refractivity contribution in [2.24, 2.45) is 4.99 Å². The predicted molar refractivity (Wildman–Crippen MR) is 105 cm³/mol. The molecule has 134 valence electrons. The summed E-state index contributed by atoms with van der Waals surface area (Å²) >= 11 is 0. The number of aliphatic imine (C=N–C) groups is 1. The lowest BCUT2D eigenvalue weighted by molar-refractivity contribution is 0.299. The predicted octanol–water partition coefficient (Wildman–Crippen LogP) is 3.41. The van der Waals surface area contributed by atoms with Gasteiger partial charge in [0.1, 0.15) is 16.7 Å². The molecule has 0 saturated carbocycles. The summed E-state index contributed by atoms with van der Waals surface area (Å²) in [7, 11) is 0. The van der Waals surface area contributed by atoms with Gasteiger partial charge in [0.15, 0.2) is 5.75 Å². The fourth-order valence-corrected chi connectivity index (χ4v) is 2.85. The lowest BCUT2D eigenvalue weighted by Gasteiger charge is -2.09. The van der Waals surface area contributed by atoms with Gasteiger partial charge in [0, 0.05) is 18.4 Å². The molecule has 6 heteroatoms. The molecule has 0 atom stereocenters. The number of nitrogens with zero attached hydrogens (tertiary/aromatic N) is 4. The Morgan fingerprint density at radius 1 is 0.926 bits per heavy atom. The van der Waals surface area contributed by atoms with Crippen LogP contribution in [0.3, 0.4) is 0 Å². The zero-order valence-corrected chi connectivity index (χ0v) is 14.5. The molecule has 0 aliphatic heterocycles. The van der Waals surface area contributed by atoms with Crippen LogP contribution in [-0.2, 0) is 6.42 Å². The van der Waals surface area contributed by atoms with Crippen LogP contribution in [-0.4, -0.2) is 38.0 Å². The van der Waals surface area contributed by atoms with Crippen molar-refractivity contribution in [3.05, 3.63) is 77.9 Å². The van der Waals surface area contributed by atoms with E-state index in [0.29, 0.717) is 17.7 Å². The number of aromatic hydroxyl groups is 1. The molecule has 0 radical (unpaired) electrons. The molecule has 0 aliphatic carbocycles. The van der Waals surface area contributed by atoms with Crippen molar-refractivity contribution in [3.8, 4) is 11.4 Å². The standard InChI is InChI=1S/C21H18N4O2/c26-11-10-15-12-16(14-22-17-6-2-1-3-7-17)21(27)20(13-15)25-23-18-8-4-5-9-19(18)24-25/h1-9,12-14,26-27H,10-11H2. The zero-order valence-electron chi connectivity index (χ0n) is 14.5. The smallest absolute Gasteiger partial charge is 0.151 e. The van der Waals surface area contributed by atoms with Crippen molar-refractivity contribution in [2.45, 2.75) is 6.42 Å². The van der Waals surface area contributed by atoms with Gasteiger partial charge in [-0.3, -0.25) is 4.99 Å². The van der Waals surface area contributed by atoms with E-state index in [2.05, 4.69) is 15.2 Å². The summed E-state index contributed by atoms with van der Waals surface area (Å²) in [5.74, 6) is 0.0386. The maximum absolute atomic E-state index is 10.8. The molecule has 0 amide bonds. The fourth-order valence-electron chi connectivity index (χ4n) is 2.85. The second-order valence-electron chi connectivity index (χ2n) is 6.10. The van der Waals surface area contributed by atoms with Crippen LogP contribution < -0.4 is 0 Å². The third kappa shape index (κ3) is 3.56. The topological polar surface area (TPSA) is 83.5 Å². The first-order valence-electron chi connectivity index (χ1n) is 8.63. The maximum atomic E-state index is 10.8. The van der Waals surface area contributed by atoms with Gasteiger partial charge in [-0.15, -0.1) is 15.0 Å². The molecular weight excluding hydrogens is 340 g/mol.